The minimum absolute atomic E-state index is 0.360. The van der Waals surface area contributed by atoms with E-state index in [-0.39, 0.29) is 6.03 Å². The summed E-state index contributed by atoms with van der Waals surface area (Å²) < 4.78 is 0. The van der Waals surface area contributed by atoms with Gasteiger partial charge in [-0.15, -0.1) is 11.3 Å². The summed E-state index contributed by atoms with van der Waals surface area (Å²) in [7, 11) is 0. The van der Waals surface area contributed by atoms with Gasteiger partial charge in [0.25, 0.3) is 0 Å². The molecule has 5 heteroatoms. The van der Waals surface area contributed by atoms with Gasteiger partial charge >= 0.3 is 6.03 Å². The standard InChI is InChI=1S/C7H11N3OS/c1-5-2-6(12-4-5)3-9-7(11)10-8/h2,4H,3,8H2,1H3,(H2,9,10,11). The lowest BCUT2D eigenvalue weighted by Gasteiger charge is -2.00. The molecule has 1 aromatic heterocycles. The zero-order chi connectivity index (χ0) is 8.97. The molecule has 0 aliphatic heterocycles. The van der Waals surface area contributed by atoms with Crippen LogP contribution >= 0.6 is 11.3 Å². The van der Waals surface area contributed by atoms with Gasteiger partial charge in [0, 0.05) is 4.88 Å². The summed E-state index contributed by atoms with van der Waals surface area (Å²) in [6.07, 6.45) is 0. The molecule has 12 heavy (non-hydrogen) atoms. The van der Waals surface area contributed by atoms with E-state index in [1.54, 1.807) is 11.3 Å². The molecule has 0 unspecified atom stereocenters. The lowest BCUT2D eigenvalue weighted by atomic mass is 10.3. The number of nitrogens with one attached hydrogen (secondary N) is 2. The van der Waals surface area contributed by atoms with Crippen LogP contribution in [0.1, 0.15) is 10.4 Å². The van der Waals surface area contributed by atoms with Gasteiger partial charge in [-0.25, -0.2) is 10.6 Å². The second-order valence-electron chi connectivity index (χ2n) is 2.42. The number of carbonyl (C=O) groups is 1. The predicted molar refractivity (Wildman–Crippen MR) is 48.6 cm³/mol. The third kappa shape index (κ3) is 2.52. The number of amides is 2. The van der Waals surface area contributed by atoms with Crippen molar-refractivity contribution < 1.29 is 4.79 Å². The van der Waals surface area contributed by atoms with Crippen molar-refractivity contribution >= 4 is 17.4 Å². The van der Waals surface area contributed by atoms with Crippen LogP contribution < -0.4 is 16.6 Å². The average Bonchev–Trinajstić information content (AvgIpc) is 2.47. The van der Waals surface area contributed by atoms with Gasteiger partial charge < -0.3 is 5.32 Å². The van der Waals surface area contributed by atoms with Crippen LogP contribution in [0.5, 0.6) is 0 Å². The number of nitrogens with two attached hydrogens (primary N) is 1. The van der Waals surface area contributed by atoms with Gasteiger partial charge in [0.1, 0.15) is 0 Å². The molecule has 0 radical (unpaired) electrons. The van der Waals surface area contributed by atoms with Crippen molar-refractivity contribution in [2.75, 3.05) is 0 Å². The minimum atomic E-state index is -0.360. The maximum absolute atomic E-state index is 10.6. The molecule has 1 rings (SSSR count). The molecule has 0 spiro atoms. The van der Waals surface area contributed by atoms with Gasteiger partial charge in [0.15, 0.2) is 0 Å². The van der Waals surface area contributed by atoms with Crippen LogP contribution in [0.15, 0.2) is 11.4 Å². The van der Waals surface area contributed by atoms with E-state index in [1.165, 1.54) is 5.56 Å². The fourth-order valence-corrected chi connectivity index (χ4v) is 1.62. The van der Waals surface area contributed by atoms with Crippen LogP contribution in [0.2, 0.25) is 0 Å². The number of hydrogen-bond acceptors (Lipinski definition) is 3. The Morgan fingerprint density at radius 1 is 1.75 bits per heavy atom. The van der Waals surface area contributed by atoms with Crippen molar-refractivity contribution in [2.24, 2.45) is 5.84 Å². The topological polar surface area (TPSA) is 67.2 Å². The highest BCUT2D eigenvalue weighted by molar-refractivity contribution is 7.10. The molecule has 0 atom stereocenters. The Bertz CT molecular complexity index is 271. The lowest BCUT2D eigenvalue weighted by Crippen LogP contribution is -2.39. The van der Waals surface area contributed by atoms with Crippen LogP contribution in [-0.2, 0) is 6.54 Å². The fourth-order valence-electron chi connectivity index (χ4n) is 0.802. The maximum Gasteiger partial charge on any atom is 0.329 e. The molecule has 0 saturated heterocycles. The molecule has 66 valence electrons. The highest BCUT2D eigenvalue weighted by atomic mass is 32.1. The summed E-state index contributed by atoms with van der Waals surface area (Å²) in [5.41, 5.74) is 3.21. The Morgan fingerprint density at radius 2 is 2.50 bits per heavy atom. The molecule has 4 N–H and O–H groups in total. The third-order valence-electron chi connectivity index (χ3n) is 1.34. The van der Waals surface area contributed by atoms with Crippen molar-refractivity contribution in [3.63, 3.8) is 0 Å². The Hall–Kier alpha value is -1.07. The Labute approximate surface area is 74.7 Å². The highest BCUT2D eigenvalue weighted by Crippen LogP contribution is 2.12. The van der Waals surface area contributed by atoms with E-state index in [1.807, 2.05) is 23.8 Å². The normalized spacial score (nSPS) is 9.50. The molecular formula is C7H11N3OS. The van der Waals surface area contributed by atoms with E-state index in [4.69, 9.17) is 5.84 Å². The first-order chi connectivity index (χ1) is 5.72. The molecule has 4 nitrogen and oxygen atoms in total. The van der Waals surface area contributed by atoms with Crippen LogP contribution in [-0.4, -0.2) is 6.03 Å². The summed E-state index contributed by atoms with van der Waals surface area (Å²) in [5.74, 6) is 4.88. The molecular weight excluding hydrogens is 174 g/mol. The number of hydrazine groups is 1. The largest absolute Gasteiger partial charge is 0.332 e. The summed E-state index contributed by atoms with van der Waals surface area (Å²) in [6, 6.07) is 1.67. The molecule has 1 aromatic rings. The van der Waals surface area contributed by atoms with Crippen molar-refractivity contribution in [2.45, 2.75) is 13.5 Å². The molecule has 0 saturated carbocycles. The molecule has 1 heterocycles. The summed E-state index contributed by atoms with van der Waals surface area (Å²) in [6.45, 7) is 2.55. The van der Waals surface area contributed by atoms with Gasteiger partial charge in [0.2, 0.25) is 0 Å². The Kier molecular flexibility index (Phi) is 3.07. The first-order valence-electron chi connectivity index (χ1n) is 3.51. The first kappa shape index (κ1) is 9.02. The maximum atomic E-state index is 10.6. The molecule has 0 bridgehead atoms. The molecule has 0 fully saturated rings. The van der Waals surface area contributed by atoms with Gasteiger partial charge in [-0.05, 0) is 23.9 Å². The summed E-state index contributed by atoms with van der Waals surface area (Å²) in [5, 5.41) is 4.64. The van der Waals surface area contributed by atoms with Gasteiger partial charge in [0.05, 0.1) is 6.54 Å². The summed E-state index contributed by atoms with van der Waals surface area (Å²) in [4.78, 5) is 11.8. The van der Waals surface area contributed by atoms with Gasteiger partial charge in [-0.1, -0.05) is 0 Å². The van der Waals surface area contributed by atoms with E-state index in [2.05, 4.69) is 5.32 Å². The first-order valence-corrected chi connectivity index (χ1v) is 4.39. The zero-order valence-corrected chi connectivity index (χ0v) is 7.57. The quantitative estimate of drug-likeness (QED) is 0.361. The number of thiophene rings is 1. The van der Waals surface area contributed by atoms with Crippen molar-refractivity contribution in [3.05, 3.63) is 21.9 Å². The van der Waals surface area contributed by atoms with E-state index in [0.29, 0.717) is 6.54 Å². The molecule has 0 aromatic carbocycles. The number of rotatable bonds is 2. The van der Waals surface area contributed by atoms with Crippen molar-refractivity contribution in [3.8, 4) is 0 Å². The Morgan fingerprint density at radius 3 is 3.00 bits per heavy atom. The monoisotopic (exact) mass is 185 g/mol. The van der Waals surface area contributed by atoms with E-state index >= 15 is 0 Å². The van der Waals surface area contributed by atoms with Crippen LogP contribution in [0.25, 0.3) is 0 Å². The zero-order valence-electron chi connectivity index (χ0n) is 6.76. The number of urea groups is 1. The average molecular weight is 185 g/mol. The Balaban J connectivity index is 2.38. The van der Waals surface area contributed by atoms with Gasteiger partial charge in [-0.2, -0.15) is 0 Å². The summed E-state index contributed by atoms with van der Waals surface area (Å²) >= 11 is 1.62. The highest BCUT2D eigenvalue weighted by Gasteiger charge is 1.98. The number of aryl methyl sites for hydroxylation is 1. The van der Waals surface area contributed by atoms with Crippen LogP contribution in [0.3, 0.4) is 0 Å². The lowest BCUT2D eigenvalue weighted by molar-refractivity contribution is 0.241. The number of hydrogen-bond donors (Lipinski definition) is 3. The van der Waals surface area contributed by atoms with Crippen LogP contribution in [0, 0.1) is 6.92 Å². The second kappa shape index (κ2) is 4.08. The van der Waals surface area contributed by atoms with E-state index in [0.717, 1.165) is 4.88 Å². The SMILES string of the molecule is Cc1csc(CNC(=O)NN)c1. The molecule has 0 aliphatic rings. The fraction of sp³-hybridized carbons (Fsp3) is 0.286. The molecule has 2 amide bonds. The van der Waals surface area contributed by atoms with E-state index in [9.17, 15) is 4.79 Å². The van der Waals surface area contributed by atoms with E-state index < -0.39 is 0 Å². The number of carbonyl (C=O) groups excluding carboxylic acids is 1. The van der Waals surface area contributed by atoms with Crippen molar-refractivity contribution in [1.82, 2.24) is 10.7 Å². The smallest absolute Gasteiger partial charge is 0.329 e. The second-order valence-corrected chi connectivity index (χ2v) is 3.41. The van der Waals surface area contributed by atoms with Gasteiger partial charge in [-0.3, -0.25) is 5.43 Å². The third-order valence-corrected chi connectivity index (χ3v) is 2.39. The molecule has 0 aliphatic carbocycles. The predicted octanol–water partition coefficient (Wildman–Crippen LogP) is 0.729. The minimum Gasteiger partial charge on any atom is -0.332 e. The van der Waals surface area contributed by atoms with Crippen molar-refractivity contribution in [1.29, 1.82) is 0 Å². The van der Waals surface area contributed by atoms with Crippen LogP contribution in [0.4, 0.5) is 4.79 Å².